The quantitative estimate of drug-likeness (QED) is 0.555. The number of benzene rings is 1. The Morgan fingerprint density at radius 2 is 2.06 bits per heavy atom. The number of hydrogen-bond donors (Lipinski definition) is 1. The lowest BCUT2D eigenvalue weighted by molar-refractivity contribution is -0.130. The molecule has 36 heavy (non-hydrogen) atoms. The topological polar surface area (TPSA) is 70.8 Å². The summed E-state index contributed by atoms with van der Waals surface area (Å²) < 4.78 is 65.4. The van der Waals surface area contributed by atoms with Gasteiger partial charge in [0.25, 0.3) is 11.9 Å². The number of alkyl halides is 3. The van der Waals surface area contributed by atoms with Crippen LogP contribution in [0.1, 0.15) is 54.9 Å². The molecule has 3 heterocycles. The second kappa shape index (κ2) is 8.93. The maximum atomic E-state index is 15.2. The van der Waals surface area contributed by atoms with Crippen molar-refractivity contribution in [2.75, 3.05) is 41.9 Å². The molecule has 1 saturated heterocycles. The van der Waals surface area contributed by atoms with E-state index in [9.17, 15) is 18.0 Å². The minimum Gasteiger partial charge on any atom is -0.427 e. The number of hydrogen-bond acceptors (Lipinski definition) is 6. The van der Waals surface area contributed by atoms with Crippen LogP contribution >= 0.6 is 0 Å². The van der Waals surface area contributed by atoms with Gasteiger partial charge in [-0.1, -0.05) is 6.92 Å². The number of methoxy groups -OCH3 is 1. The van der Waals surface area contributed by atoms with Crippen LogP contribution in [0.15, 0.2) is 16.5 Å². The molecule has 1 aromatic heterocycles. The average Bonchev–Trinajstić information content (AvgIpc) is 3.48. The predicted molar refractivity (Wildman–Crippen MR) is 126 cm³/mol. The van der Waals surface area contributed by atoms with Gasteiger partial charge in [-0.15, -0.1) is 0 Å². The molecule has 5 rings (SSSR count). The summed E-state index contributed by atoms with van der Waals surface area (Å²) in [5.41, 5.74) is 0.591. The van der Waals surface area contributed by atoms with E-state index in [2.05, 4.69) is 22.1 Å². The van der Waals surface area contributed by atoms with Gasteiger partial charge in [-0.05, 0) is 56.2 Å². The van der Waals surface area contributed by atoms with Gasteiger partial charge < -0.3 is 24.3 Å². The van der Waals surface area contributed by atoms with Crippen molar-refractivity contribution in [3.8, 4) is 0 Å². The van der Waals surface area contributed by atoms with Gasteiger partial charge >= 0.3 is 6.18 Å². The van der Waals surface area contributed by atoms with Crippen LogP contribution in [0.4, 0.5) is 35.0 Å². The van der Waals surface area contributed by atoms with Crippen LogP contribution in [-0.2, 0) is 17.6 Å². The Kier molecular flexibility index (Phi) is 6.17. The standard InChI is InChI=1S/C25H30F4N4O3/c1-14-4-5-17(8-14)33-7-6-15-9-16(10-18(26)21(15)33)30-22(34)20-19(11-25(27,28)29)36-23(31-20)32-12-24(2,13-32)35-3/h9-10,14,17H,4-8,11-13H2,1-3H3,(H,30,34). The molecule has 11 heteroatoms. The molecule has 1 saturated carbocycles. The lowest BCUT2D eigenvalue weighted by Gasteiger charge is -2.45. The highest BCUT2D eigenvalue weighted by Gasteiger charge is 2.43. The van der Waals surface area contributed by atoms with Crippen molar-refractivity contribution in [1.29, 1.82) is 0 Å². The van der Waals surface area contributed by atoms with E-state index in [-0.39, 0.29) is 11.7 Å². The van der Waals surface area contributed by atoms with Crippen molar-refractivity contribution >= 4 is 23.3 Å². The number of carbonyl (C=O) groups excluding carboxylic acids is 1. The molecule has 1 aliphatic carbocycles. The largest absolute Gasteiger partial charge is 0.427 e. The van der Waals surface area contributed by atoms with Crippen LogP contribution < -0.4 is 15.1 Å². The number of ether oxygens (including phenoxy) is 1. The average molecular weight is 511 g/mol. The number of halogens is 4. The Labute approximate surface area is 206 Å². The number of rotatable bonds is 6. The molecule has 0 spiro atoms. The van der Waals surface area contributed by atoms with E-state index in [4.69, 9.17) is 9.15 Å². The van der Waals surface area contributed by atoms with Gasteiger partial charge in [-0.25, -0.2) is 4.39 Å². The minimum atomic E-state index is -4.59. The van der Waals surface area contributed by atoms with Gasteiger partial charge in [-0.3, -0.25) is 4.79 Å². The van der Waals surface area contributed by atoms with Crippen molar-refractivity contribution < 1.29 is 31.5 Å². The minimum absolute atomic E-state index is 0.0736. The molecule has 0 radical (unpaired) electrons. The summed E-state index contributed by atoms with van der Waals surface area (Å²) >= 11 is 0. The third-order valence-corrected chi connectivity index (χ3v) is 7.49. The van der Waals surface area contributed by atoms with E-state index in [1.54, 1.807) is 18.1 Å². The predicted octanol–water partition coefficient (Wildman–Crippen LogP) is 4.95. The van der Waals surface area contributed by atoms with Gasteiger partial charge in [0, 0.05) is 25.4 Å². The summed E-state index contributed by atoms with van der Waals surface area (Å²) in [5, 5.41) is 2.53. The molecular formula is C25H30F4N4O3. The van der Waals surface area contributed by atoms with E-state index < -0.39 is 41.4 Å². The van der Waals surface area contributed by atoms with Crippen molar-refractivity contribution in [1.82, 2.24) is 4.98 Å². The normalized spacial score (nSPS) is 23.1. The van der Waals surface area contributed by atoms with Crippen LogP contribution in [0.25, 0.3) is 0 Å². The first-order chi connectivity index (χ1) is 16.9. The maximum Gasteiger partial charge on any atom is 0.396 e. The summed E-state index contributed by atoms with van der Waals surface area (Å²) in [7, 11) is 1.55. The molecule has 2 aliphatic heterocycles. The first-order valence-electron chi connectivity index (χ1n) is 12.2. The van der Waals surface area contributed by atoms with Crippen LogP contribution in [0.5, 0.6) is 0 Å². The van der Waals surface area contributed by atoms with Gasteiger partial charge in [0.15, 0.2) is 5.69 Å². The summed E-state index contributed by atoms with van der Waals surface area (Å²) in [6.07, 6.45) is -2.23. The van der Waals surface area contributed by atoms with E-state index in [0.717, 1.165) is 24.8 Å². The highest BCUT2D eigenvalue weighted by molar-refractivity contribution is 6.04. The molecule has 196 valence electrons. The number of amides is 1. The van der Waals surface area contributed by atoms with Crippen molar-refractivity contribution in [2.45, 2.75) is 63.8 Å². The molecule has 7 nitrogen and oxygen atoms in total. The Morgan fingerprint density at radius 1 is 1.31 bits per heavy atom. The number of nitrogens with zero attached hydrogens (tertiary/aromatic N) is 3. The SMILES string of the molecule is COC1(C)CN(c2nc(C(=O)Nc3cc(F)c4c(c3)CCN4C3CCC(C)C3)c(CC(F)(F)F)o2)C1. The Morgan fingerprint density at radius 3 is 2.69 bits per heavy atom. The lowest BCUT2D eigenvalue weighted by atomic mass is 9.97. The number of nitrogens with one attached hydrogen (secondary N) is 1. The molecule has 1 amide bonds. The molecule has 3 aliphatic rings. The van der Waals surface area contributed by atoms with Gasteiger partial charge in [0.05, 0.1) is 18.8 Å². The van der Waals surface area contributed by atoms with Gasteiger partial charge in [0.1, 0.15) is 23.6 Å². The molecule has 2 fully saturated rings. The summed E-state index contributed by atoms with van der Waals surface area (Å²) in [6, 6.07) is 3.14. The van der Waals surface area contributed by atoms with Gasteiger partial charge in [0.2, 0.25) is 0 Å². The van der Waals surface area contributed by atoms with Crippen molar-refractivity contribution in [2.24, 2.45) is 5.92 Å². The van der Waals surface area contributed by atoms with Crippen molar-refractivity contribution in [3.63, 3.8) is 0 Å². The fraction of sp³-hybridized carbons (Fsp3) is 0.600. The third-order valence-electron chi connectivity index (χ3n) is 7.49. The van der Waals surface area contributed by atoms with E-state index in [1.165, 1.54) is 6.07 Å². The second-order valence-electron chi connectivity index (χ2n) is 10.5. The second-order valence-corrected chi connectivity index (χ2v) is 10.5. The van der Waals surface area contributed by atoms with E-state index in [1.807, 2.05) is 6.92 Å². The maximum absolute atomic E-state index is 15.2. The zero-order valence-corrected chi connectivity index (χ0v) is 20.5. The Balaban J connectivity index is 1.36. The number of carbonyl (C=O) groups is 1. The molecule has 1 N–H and O–H groups in total. The molecule has 0 bridgehead atoms. The molecule has 2 unspecified atom stereocenters. The summed E-state index contributed by atoms with van der Waals surface area (Å²) in [6.45, 7) is 5.49. The molecule has 2 atom stereocenters. The fourth-order valence-corrected chi connectivity index (χ4v) is 5.59. The third kappa shape index (κ3) is 4.77. The Bertz CT molecular complexity index is 1160. The summed E-state index contributed by atoms with van der Waals surface area (Å²) in [4.78, 5) is 20.8. The number of anilines is 3. The first kappa shape index (κ1) is 24.9. The zero-order chi connectivity index (χ0) is 25.8. The van der Waals surface area contributed by atoms with Crippen LogP contribution in [0.2, 0.25) is 0 Å². The molecular weight excluding hydrogens is 480 g/mol. The van der Waals surface area contributed by atoms with Crippen molar-refractivity contribution in [3.05, 3.63) is 35.0 Å². The van der Waals surface area contributed by atoms with Gasteiger partial charge in [-0.2, -0.15) is 18.2 Å². The van der Waals surface area contributed by atoms with Crippen LogP contribution in [-0.4, -0.2) is 55.5 Å². The fourth-order valence-electron chi connectivity index (χ4n) is 5.59. The lowest BCUT2D eigenvalue weighted by Crippen LogP contribution is -2.61. The highest BCUT2D eigenvalue weighted by atomic mass is 19.4. The van der Waals surface area contributed by atoms with Crippen LogP contribution in [0.3, 0.4) is 0 Å². The number of fused-ring (bicyclic) bond motifs is 1. The number of oxazole rings is 1. The Hall–Kier alpha value is -2.82. The molecule has 1 aromatic carbocycles. The summed E-state index contributed by atoms with van der Waals surface area (Å²) in [5.74, 6) is -1.30. The highest BCUT2D eigenvalue weighted by Crippen LogP contribution is 2.40. The first-order valence-corrected chi connectivity index (χ1v) is 12.2. The zero-order valence-electron chi connectivity index (χ0n) is 20.5. The van der Waals surface area contributed by atoms with Crippen LogP contribution in [0, 0.1) is 11.7 Å². The molecule has 2 aromatic rings. The smallest absolute Gasteiger partial charge is 0.396 e. The monoisotopic (exact) mass is 510 g/mol. The van der Waals surface area contributed by atoms with E-state index >= 15 is 4.39 Å². The number of aromatic nitrogens is 1. The van der Waals surface area contributed by atoms with E-state index in [0.29, 0.717) is 43.7 Å².